The molecule has 258 valence electrons. The first-order chi connectivity index (χ1) is 22.7. The molecule has 0 N–H and O–H groups in total. The highest BCUT2D eigenvalue weighted by molar-refractivity contribution is 9.09. The Morgan fingerprint density at radius 2 is 1.73 bits per heavy atom. The van der Waals surface area contributed by atoms with Crippen molar-refractivity contribution >= 4 is 55.3 Å². The Morgan fingerprint density at radius 3 is 2.31 bits per heavy atom. The van der Waals surface area contributed by atoms with Crippen LogP contribution in [-0.4, -0.2) is 60.4 Å². The molecule has 0 aliphatic heterocycles. The lowest BCUT2D eigenvalue weighted by atomic mass is 9.81. The number of halogens is 5. The summed E-state index contributed by atoms with van der Waals surface area (Å²) in [6.07, 6.45) is 1.98. The van der Waals surface area contributed by atoms with E-state index in [4.69, 9.17) is 21.1 Å². The van der Waals surface area contributed by atoms with Gasteiger partial charge in [0.2, 0.25) is 10.0 Å². The number of carbonyl (C=O) groups is 1. The van der Waals surface area contributed by atoms with Gasteiger partial charge in [-0.15, -0.1) is 0 Å². The van der Waals surface area contributed by atoms with E-state index >= 15 is 8.78 Å². The molecular formula is C33H34BrClF3N3O5S2. The Hall–Kier alpha value is -3.04. The number of methoxy groups -OCH3 is 2. The van der Waals surface area contributed by atoms with Crippen LogP contribution in [0.3, 0.4) is 0 Å². The summed E-state index contributed by atoms with van der Waals surface area (Å²) >= 11 is 10.5. The topological polar surface area (TPSA) is 90.7 Å². The number of rotatable bonds is 14. The second-order valence-corrected chi connectivity index (χ2v) is 15.3. The molecule has 8 nitrogen and oxygen atoms in total. The smallest absolute Gasteiger partial charge is 0.323 e. The van der Waals surface area contributed by atoms with Crippen molar-refractivity contribution in [3.05, 3.63) is 100 Å². The first kappa shape index (κ1) is 37.8. The number of benzene rings is 3. The zero-order valence-electron chi connectivity index (χ0n) is 26.8. The lowest BCUT2D eigenvalue weighted by Gasteiger charge is -2.28. The van der Waals surface area contributed by atoms with Gasteiger partial charge in [0, 0.05) is 34.3 Å². The van der Waals surface area contributed by atoms with Crippen molar-refractivity contribution < 1.29 is 35.9 Å². The largest absolute Gasteiger partial charge is 0.495 e. The maximum absolute atomic E-state index is 15.5. The standard InChI is InChI=1S/C33H34BrClF3N3O5S2/c1-20(31(42)46-5)40(14-6-13-34)48(43,44)24-16-27(37)25(28(38)17-24)19-47-32-39-18-30(41(32)23-10-8-22(36)9-11-23)33(2,3)21-7-12-26(35)29(15-21)45-4/h7-12,15-18,20H,6,13-14,19H2,1-5H3. The Balaban J connectivity index is 1.72. The molecule has 1 heterocycles. The van der Waals surface area contributed by atoms with Gasteiger partial charge in [0.15, 0.2) is 5.16 Å². The summed E-state index contributed by atoms with van der Waals surface area (Å²) in [5.74, 6) is -3.19. The van der Waals surface area contributed by atoms with Crippen molar-refractivity contribution in [3.63, 3.8) is 0 Å². The fourth-order valence-electron chi connectivity index (χ4n) is 5.08. The summed E-state index contributed by atoms with van der Waals surface area (Å²) in [5, 5.41) is 1.23. The van der Waals surface area contributed by atoms with E-state index < -0.39 is 49.8 Å². The average molecular weight is 789 g/mol. The maximum atomic E-state index is 15.5. The van der Waals surface area contributed by atoms with E-state index in [0.717, 1.165) is 40.9 Å². The molecule has 1 atom stereocenters. The highest BCUT2D eigenvalue weighted by Crippen LogP contribution is 2.39. The van der Waals surface area contributed by atoms with Crippen LogP contribution in [-0.2, 0) is 30.7 Å². The molecule has 0 amide bonds. The number of ether oxygens (including phenoxy) is 2. The van der Waals surface area contributed by atoms with Gasteiger partial charge in [-0.1, -0.05) is 59.2 Å². The van der Waals surface area contributed by atoms with Crippen molar-refractivity contribution in [1.82, 2.24) is 13.9 Å². The van der Waals surface area contributed by atoms with Crippen LogP contribution < -0.4 is 4.74 Å². The summed E-state index contributed by atoms with van der Waals surface area (Å²) in [6.45, 7) is 5.18. The predicted octanol–water partition coefficient (Wildman–Crippen LogP) is 7.91. The molecular weight excluding hydrogens is 755 g/mol. The summed E-state index contributed by atoms with van der Waals surface area (Å²) in [7, 11) is -1.85. The van der Waals surface area contributed by atoms with Crippen LogP contribution >= 0.6 is 39.3 Å². The number of esters is 1. The minimum absolute atomic E-state index is 0.0851. The quantitative estimate of drug-likeness (QED) is 0.0729. The fraction of sp³-hybridized carbons (Fsp3) is 0.333. The third-order valence-electron chi connectivity index (χ3n) is 7.88. The minimum Gasteiger partial charge on any atom is -0.495 e. The third kappa shape index (κ3) is 7.88. The zero-order chi connectivity index (χ0) is 35.4. The van der Waals surface area contributed by atoms with Gasteiger partial charge in [0.25, 0.3) is 0 Å². The molecule has 15 heteroatoms. The van der Waals surface area contributed by atoms with E-state index in [1.165, 1.54) is 26.2 Å². The molecule has 4 aromatic rings. The van der Waals surface area contributed by atoms with E-state index in [1.807, 2.05) is 26.0 Å². The number of hydrogen-bond donors (Lipinski definition) is 0. The first-order valence-corrected chi connectivity index (χ1v) is 18.5. The van der Waals surface area contributed by atoms with Gasteiger partial charge in [-0.05, 0) is 67.4 Å². The molecule has 4 rings (SSSR count). The molecule has 0 aliphatic rings. The van der Waals surface area contributed by atoms with Crippen LogP contribution in [0.15, 0.2) is 70.8 Å². The van der Waals surface area contributed by atoms with Crippen molar-refractivity contribution in [2.45, 2.75) is 54.5 Å². The Labute approximate surface area is 295 Å². The summed E-state index contributed by atoms with van der Waals surface area (Å²) in [4.78, 5) is 16.1. The first-order valence-electron chi connectivity index (χ1n) is 14.6. The highest BCUT2D eigenvalue weighted by Gasteiger charge is 2.35. The van der Waals surface area contributed by atoms with Gasteiger partial charge in [0.05, 0.1) is 36.0 Å². The normalized spacial score (nSPS) is 12.7. The van der Waals surface area contributed by atoms with Crippen LogP contribution in [0.4, 0.5) is 13.2 Å². The number of nitrogens with zero attached hydrogens (tertiary/aromatic N) is 3. The summed E-state index contributed by atoms with van der Waals surface area (Å²) < 4.78 is 84.8. The molecule has 0 spiro atoms. The van der Waals surface area contributed by atoms with Crippen LogP contribution in [0.1, 0.15) is 44.0 Å². The maximum Gasteiger partial charge on any atom is 0.323 e. The minimum atomic E-state index is -4.49. The number of sulfonamides is 1. The Kier molecular flexibility index (Phi) is 12.3. The Bertz CT molecular complexity index is 1870. The highest BCUT2D eigenvalue weighted by atomic mass is 79.9. The van der Waals surface area contributed by atoms with E-state index in [9.17, 15) is 17.6 Å². The summed E-state index contributed by atoms with van der Waals surface area (Å²) in [5.41, 5.74) is 1.01. The van der Waals surface area contributed by atoms with E-state index in [0.29, 0.717) is 39.1 Å². The van der Waals surface area contributed by atoms with Gasteiger partial charge in [-0.2, -0.15) is 4.31 Å². The lowest BCUT2D eigenvalue weighted by Crippen LogP contribution is -2.44. The van der Waals surface area contributed by atoms with Gasteiger partial charge in [-0.25, -0.2) is 26.6 Å². The number of thioether (sulfide) groups is 1. The molecule has 0 radical (unpaired) electrons. The second kappa shape index (κ2) is 15.7. The van der Waals surface area contributed by atoms with E-state index in [1.54, 1.807) is 29.0 Å². The molecule has 1 aromatic heterocycles. The van der Waals surface area contributed by atoms with Crippen molar-refractivity contribution in [1.29, 1.82) is 0 Å². The van der Waals surface area contributed by atoms with Crippen LogP contribution in [0, 0.1) is 17.5 Å². The number of carbonyl (C=O) groups excluding carboxylic acids is 1. The molecule has 0 aliphatic carbocycles. The van der Waals surface area contributed by atoms with Crippen LogP contribution in [0.2, 0.25) is 5.02 Å². The molecule has 48 heavy (non-hydrogen) atoms. The van der Waals surface area contributed by atoms with Gasteiger partial charge < -0.3 is 9.47 Å². The third-order valence-corrected chi connectivity index (χ3v) is 11.7. The molecule has 3 aromatic carbocycles. The van der Waals surface area contributed by atoms with Gasteiger partial charge in [-0.3, -0.25) is 9.36 Å². The molecule has 1 unspecified atom stereocenters. The lowest BCUT2D eigenvalue weighted by molar-refractivity contribution is -0.144. The monoisotopic (exact) mass is 787 g/mol. The fourth-order valence-corrected chi connectivity index (χ4v) is 8.18. The average Bonchev–Trinajstić information content (AvgIpc) is 3.49. The molecule has 0 fully saturated rings. The van der Waals surface area contributed by atoms with E-state index in [2.05, 4.69) is 20.9 Å². The number of hydrogen-bond acceptors (Lipinski definition) is 7. The van der Waals surface area contributed by atoms with Gasteiger partial charge in [0.1, 0.15) is 29.2 Å². The number of aromatic nitrogens is 2. The molecule has 0 saturated heterocycles. The molecule has 0 bridgehead atoms. The zero-order valence-corrected chi connectivity index (χ0v) is 30.7. The van der Waals surface area contributed by atoms with Crippen molar-refractivity contribution in [3.8, 4) is 11.4 Å². The molecule has 0 saturated carbocycles. The van der Waals surface area contributed by atoms with Crippen molar-refractivity contribution in [2.24, 2.45) is 0 Å². The summed E-state index contributed by atoms with van der Waals surface area (Å²) in [6, 6.07) is 11.4. The Morgan fingerprint density at radius 1 is 1.08 bits per heavy atom. The second-order valence-electron chi connectivity index (χ2n) is 11.2. The van der Waals surface area contributed by atoms with Crippen molar-refractivity contribution in [2.75, 3.05) is 26.1 Å². The predicted molar refractivity (Wildman–Crippen MR) is 183 cm³/mol. The SMILES string of the molecule is COC(=O)C(C)N(CCCBr)S(=O)(=O)c1cc(F)c(CSc2ncc(C(C)(C)c3ccc(Cl)c(OC)c3)n2-c2ccc(F)cc2)c(F)c1. The van der Waals surface area contributed by atoms with Crippen LogP contribution in [0.25, 0.3) is 5.69 Å². The number of alkyl halides is 1. The van der Waals surface area contributed by atoms with Gasteiger partial charge >= 0.3 is 5.97 Å². The van der Waals surface area contributed by atoms with Crippen LogP contribution in [0.5, 0.6) is 5.75 Å². The number of imidazole rings is 1. The van der Waals surface area contributed by atoms with E-state index in [-0.39, 0.29) is 17.9 Å².